The van der Waals surface area contributed by atoms with Crippen molar-refractivity contribution in [3.63, 3.8) is 0 Å². The van der Waals surface area contributed by atoms with Gasteiger partial charge in [-0.3, -0.25) is 4.98 Å². The van der Waals surface area contributed by atoms with Crippen LogP contribution in [0.3, 0.4) is 0 Å². The fourth-order valence-corrected chi connectivity index (χ4v) is 1.86. The topological polar surface area (TPSA) is 33.1 Å². The number of hydrogen-bond donors (Lipinski definition) is 1. The van der Waals surface area contributed by atoms with E-state index in [-0.39, 0.29) is 6.61 Å². The first kappa shape index (κ1) is 9.41. The summed E-state index contributed by atoms with van der Waals surface area (Å²) in [4.78, 5) is 4.08. The lowest BCUT2D eigenvalue weighted by molar-refractivity contribution is 0.277. The second-order valence-corrected chi connectivity index (χ2v) is 3.67. The van der Waals surface area contributed by atoms with E-state index in [0.29, 0.717) is 0 Å². The maximum Gasteiger partial charge on any atom is 0.0853 e. The minimum absolute atomic E-state index is 0.0289. The quantitative estimate of drug-likeness (QED) is 0.775. The van der Waals surface area contributed by atoms with Crippen LogP contribution in [0.15, 0.2) is 24.4 Å². The summed E-state index contributed by atoms with van der Waals surface area (Å²) in [6.45, 7) is 0.0289. The Morgan fingerprint density at radius 3 is 3.00 bits per heavy atom. The molecule has 1 aliphatic rings. The third-order valence-corrected chi connectivity index (χ3v) is 2.64. The van der Waals surface area contributed by atoms with Gasteiger partial charge in [0.2, 0.25) is 0 Å². The molecule has 2 rings (SSSR count). The van der Waals surface area contributed by atoms with Gasteiger partial charge in [-0.15, -0.1) is 0 Å². The summed E-state index contributed by atoms with van der Waals surface area (Å²) in [6.07, 6.45) is 9.02. The fraction of sp³-hybridized carbons (Fsp3) is 0.417. The van der Waals surface area contributed by atoms with Crippen molar-refractivity contribution >= 4 is 5.57 Å². The molecule has 0 spiro atoms. The summed E-state index contributed by atoms with van der Waals surface area (Å²) >= 11 is 0. The van der Waals surface area contributed by atoms with Gasteiger partial charge in [0.05, 0.1) is 12.3 Å². The van der Waals surface area contributed by atoms with Crippen molar-refractivity contribution in [1.29, 1.82) is 0 Å². The lowest BCUT2D eigenvalue weighted by Gasteiger charge is -2.12. The molecule has 0 aromatic carbocycles. The third-order valence-electron chi connectivity index (χ3n) is 2.64. The van der Waals surface area contributed by atoms with Crippen molar-refractivity contribution in [2.24, 2.45) is 0 Å². The molecule has 1 N–H and O–H groups in total. The predicted octanol–water partition coefficient (Wildman–Crippen LogP) is 2.53. The van der Waals surface area contributed by atoms with Crippen molar-refractivity contribution in [1.82, 2.24) is 4.98 Å². The molecule has 0 radical (unpaired) electrons. The smallest absolute Gasteiger partial charge is 0.0853 e. The van der Waals surface area contributed by atoms with E-state index in [0.717, 1.165) is 12.1 Å². The second kappa shape index (κ2) is 4.38. The molecule has 74 valence electrons. The molecule has 0 saturated heterocycles. The molecule has 2 nitrogen and oxygen atoms in total. The Morgan fingerprint density at radius 1 is 1.36 bits per heavy atom. The van der Waals surface area contributed by atoms with Gasteiger partial charge in [0, 0.05) is 6.20 Å². The Bertz CT molecular complexity index is 344. The molecule has 0 saturated carbocycles. The average molecular weight is 189 g/mol. The van der Waals surface area contributed by atoms with Crippen LogP contribution in [0.5, 0.6) is 0 Å². The summed E-state index contributed by atoms with van der Waals surface area (Å²) in [5.74, 6) is 0. The highest BCUT2D eigenvalue weighted by Crippen LogP contribution is 2.26. The standard InChI is InChI=1S/C12H15NO/c14-9-12-8-11(6-7-13-12)10-4-2-1-3-5-10/h4,6-8,14H,1-3,5,9H2. The van der Waals surface area contributed by atoms with Crippen LogP contribution < -0.4 is 0 Å². The van der Waals surface area contributed by atoms with Gasteiger partial charge in [-0.05, 0) is 49.0 Å². The first-order valence-corrected chi connectivity index (χ1v) is 5.15. The maximum atomic E-state index is 8.98. The number of aliphatic hydroxyl groups excluding tert-OH is 1. The summed E-state index contributed by atoms with van der Waals surface area (Å²) in [5, 5.41) is 8.98. The van der Waals surface area contributed by atoms with Crippen molar-refractivity contribution in [3.8, 4) is 0 Å². The molecule has 0 atom stereocenters. The van der Waals surface area contributed by atoms with E-state index >= 15 is 0 Å². The molecule has 1 heterocycles. The SMILES string of the molecule is OCc1cc(C2=CCCCC2)ccn1. The molecule has 0 aliphatic heterocycles. The van der Waals surface area contributed by atoms with Gasteiger partial charge in [-0.25, -0.2) is 0 Å². The minimum atomic E-state index is 0.0289. The highest BCUT2D eigenvalue weighted by molar-refractivity contribution is 5.66. The van der Waals surface area contributed by atoms with Gasteiger partial charge in [0.1, 0.15) is 0 Å². The average Bonchev–Trinajstić information content (AvgIpc) is 2.30. The maximum absolute atomic E-state index is 8.98. The van der Waals surface area contributed by atoms with Crippen LogP contribution >= 0.6 is 0 Å². The van der Waals surface area contributed by atoms with Gasteiger partial charge < -0.3 is 5.11 Å². The predicted molar refractivity (Wildman–Crippen MR) is 56.6 cm³/mol. The lowest BCUT2D eigenvalue weighted by atomic mass is 9.94. The molecule has 1 aromatic rings. The number of rotatable bonds is 2. The van der Waals surface area contributed by atoms with Gasteiger partial charge >= 0.3 is 0 Å². The molecule has 0 unspecified atom stereocenters. The molecule has 0 bridgehead atoms. The molecular formula is C12H15NO. The van der Waals surface area contributed by atoms with Crippen LogP contribution in [0.25, 0.3) is 5.57 Å². The van der Waals surface area contributed by atoms with Gasteiger partial charge in [-0.2, -0.15) is 0 Å². The van der Waals surface area contributed by atoms with Crippen LogP contribution in [0.2, 0.25) is 0 Å². The highest BCUT2D eigenvalue weighted by atomic mass is 16.3. The van der Waals surface area contributed by atoms with Gasteiger partial charge in [-0.1, -0.05) is 6.08 Å². The van der Waals surface area contributed by atoms with Crippen molar-refractivity contribution in [2.45, 2.75) is 32.3 Å². The van der Waals surface area contributed by atoms with Crippen LogP contribution in [0.1, 0.15) is 36.9 Å². The molecule has 1 aromatic heterocycles. The van der Waals surface area contributed by atoms with Crippen LogP contribution in [-0.2, 0) is 6.61 Å². The number of pyridine rings is 1. The molecule has 1 aliphatic carbocycles. The first-order chi connectivity index (χ1) is 6.90. The van der Waals surface area contributed by atoms with Crippen LogP contribution in [0, 0.1) is 0 Å². The zero-order valence-corrected chi connectivity index (χ0v) is 8.24. The number of aliphatic hydroxyl groups is 1. The molecular weight excluding hydrogens is 174 g/mol. The number of hydrogen-bond acceptors (Lipinski definition) is 2. The van der Waals surface area contributed by atoms with E-state index in [1.54, 1.807) is 6.20 Å². The number of allylic oxidation sites excluding steroid dienone is 2. The van der Waals surface area contributed by atoms with Crippen molar-refractivity contribution in [3.05, 3.63) is 35.7 Å². The summed E-state index contributed by atoms with van der Waals surface area (Å²) < 4.78 is 0. The Balaban J connectivity index is 2.26. The van der Waals surface area contributed by atoms with E-state index in [9.17, 15) is 0 Å². The van der Waals surface area contributed by atoms with Gasteiger partial charge in [0.15, 0.2) is 0 Å². The van der Waals surface area contributed by atoms with Crippen LogP contribution in [0.4, 0.5) is 0 Å². The van der Waals surface area contributed by atoms with E-state index in [2.05, 4.69) is 11.1 Å². The Kier molecular flexibility index (Phi) is 2.94. The summed E-state index contributed by atoms with van der Waals surface area (Å²) in [6, 6.07) is 4.01. The Morgan fingerprint density at radius 2 is 2.29 bits per heavy atom. The van der Waals surface area contributed by atoms with E-state index in [1.807, 2.05) is 12.1 Å². The minimum Gasteiger partial charge on any atom is -0.390 e. The molecule has 0 amide bonds. The number of aromatic nitrogens is 1. The van der Waals surface area contributed by atoms with Gasteiger partial charge in [0.25, 0.3) is 0 Å². The highest BCUT2D eigenvalue weighted by Gasteiger charge is 2.06. The number of nitrogens with zero attached hydrogens (tertiary/aromatic N) is 1. The molecule has 2 heteroatoms. The van der Waals surface area contributed by atoms with Crippen molar-refractivity contribution in [2.75, 3.05) is 0 Å². The lowest BCUT2D eigenvalue weighted by Crippen LogP contribution is -1.95. The monoisotopic (exact) mass is 189 g/mol. The molecule has 0 fully saturated rings. The van der Waals surface area contributed by atoms with E-state index < -0.39 is 0 Å². The summed E-state index contributed by atoms with van der Waals surface area (Å²) in [7, 11) is 0. The van der Waals surface area contributed by atoms with E-state index in [4.69, 9.17) is 5.11 Å². The Hall–Kier alpha value is -1.15. The second-order valence-electron chi connectivity index (χ2n) is 3.67. The van der Waals surface area contributed by atoms with E-state index in [1.165, 1.54) is 30.4 Å². The molecule has 14 heavy (non-hydrogen) atoms. The van der Waals surface area contributed by atoms with Crippen molar-refractivity contribution < 1.29 is 5.11 Å². The zero-order valence-electron chi connectivity index (χ0n) is 8.24. The Labute approximate surface area is 84.3 Å². The normalized spacial score (nSPS) is 16.5. The fourth-order valence-electron chi connectivity index (χ4n) is 1.86. The third kappa shape index (κ3) is 2.02. The summed E-state index contributed by atoms with van der Waals surface area (Å²) in [5.41, 5.74) is 3.39. The first-order valence-electron chi connectivity index (χ1n) is 5.15. The zero-order chi connectivity index (χ0) is 9.80. The van der Waals surface area contributed by atoms with Crippen LogP contribution in [-0.4, -0.2) is 10.1 Å². The largest absolute Gasteiger partial charge is 0.390 e.